The summed E-state index contributed by atoms with van der Waals surface area (Å²) < 4.78 is 22.2. The van der Waals surface area contributed by atoms with Crippen molar-refractivity contribution >= 4 is 0 Å². The molecule has 1 heterocycles. The van der Waals surface area contributed by atoms with E-state index in [1.54, 1.807) is 0 Å². The SMILES string of the molecule is COC1O[C@H](CO)[C@@H](O)C1F. The van der Waals surface area contributed by atoms with Crippen LogP contribution < -0.4 is 0 Å². The molecule has 0 spiro atoms. The maximum atomic E-state index is 12.8. The molecular formula is C6H11FO4. The molecule has 0 bridgehead atoms. The number of aliphatic hydroxyl groups is 2. The minimum absolute atomic E-state index is 0.401. The Morgan fingerprint density at radius 1 is 1.64 bits per heavy atom. The summed E-state index contributed by atoms with van der Waals surface area (Å²) in [6, 6.07) is 0. The van der Waals surface area contributed by atoms with Crippen LogP contribution in [0.25, 0.3) is 0 Å². The smallest absolute Gasteiger partial charge is 0.191 e. The van der Waals surface area contributed by atoms with Crippen LogP contribution in [0, 0.1) is 0 Å². The highest BCUT2D eigenvalue weighted by atomic mass is 19.1. The van der Waals surface area contributed by atoms with Gasteiger partial charge in [0, 0.05) is 7.11 Å². The van der Waals surface area contributed by atoms with Crippen LogP contribution in [-0.4, -0.2) is 48.6 Å². The van der Waals surface area contributed by atoms with E-state index in [2.05, 4.69) is 4.74 Å². The summed E-state index contributed by atoms with van der Waals surface area (Å²) in [6.45, 7) is -0.401. The normalized spacial score (nSPS) is 44.7. The molecule has 11 heavy (non-hydrogen) atoms. The van der Waals surface area contributed by atoms with Gasteiger partial charge in [0.05, 0.1) is 6.61 Å². The largest absolute Gasteiger partial charge is 0.394 e. The lowest BCUT2D eigenvalue weighted by Gasteiger charge is -2.09. The van der Waals surface area contributed by atoms with Crippen LogP contribution in [0.3, 0.4) is 0 Å². The number of methoxy groups -OCH3 is 1. The van der Waals surface area contributed by atoms with Crippen molar-refractivity contribution in [2.45, 2.75) is 24.7 Å². The van der Waals surface area contributed by atoms with Gasteiger partial charge in [0.1, 0.15) is 12.2 Å². The van der Waals surface area contributed by atoms with E-state index in [0.29, 0.717) is 0 Å². The number of alkyl halides is 1. The first kappa shape index (κ1) is 8.86. The Bertz CT molecular complexity index is 114. The summed E-state index contributed by atoms with van der Waals surface area (Å²) in [5.41, 5.74) is 0. The summed E-state index contributed by atoms with van der Waals surface area (Å²) in [6.07, 6.45) is -4.78. The predicted molar refractivity (Wildman–Crippen MR) is 33.7 cm³/mol. The summed E-state index contributed by atoms with van der Waals surface area (Å²) >= 11 is 0. The fourth-order valence-corrected chi connectivity index (χ4v) is 1.03. The maximum absolute atomic E-state index is 12.8. The summed E-state index contributed by atoms with van der Waals surface area (Å²) in [5, 5.41) is 17.6. The number of ether oxygens (including phenoxy) is 2. The van der Waals surface area contributed by atoms with E-state index in [4.69, 9.17) is 14.9 Å². The van der Waals surface area contributed by atoms with Gasteiger partial charge in [-0.25, -0.2) is 4.39 Å². The molecule has 0 aromatic rings. The lowest BCUT2D eigenvalue weighted by molar-refractivity contribution is -0.141. The molecule has 1 saturated heterocycles. The molecule has 1 rings (SSSR count). The Labute approximate surface area is 63.5 Å². The molecule has 4 nitrogen and oxygen atoms in total. The van der Waals surface area contributed by atoms with Crippen molar-refractivity contribution < 1.29 is 24.1 Å². The molecule has 0 amide bonds. The first-order valence-corrected chi connectivity index (χ1v) is 3.32. The molecule has 1 aliphatic rings. The second-order valence-corrected chi connectivity index (χ2v) is 2.40. The standard InChI is InChI=1S/C6H11FO4/c1-10-6-4(7)5(9)3(2-8)11-6/h3-6,8-9H,2H2,1H3/t3-,4?,5-,6?/m1/s1. The molecule has 5 heteroatoms. The number of hydrogen-bond acceptors (Lipinski definition) is 4. The van der Waals surface area contributed by atoms with Gasteiger partial charge in [-0.1, -0.05) is 0 Å². The van der Waals surface area contributed by atoms with Crippen LogP contribution in [0.2, 0.25) is 0 Å². The molecule has 0 saturated carbocycles. The highest BCUT2D eigenvalue weighted by Gasteiger charge is 2.43. The van der Waals surface area contributed by atoms with Gasteiger partial charge in [-0.05, 0) is 0 Å². The molecular weight excluding hydrogens is 155 g/mol. The number of halogens is 1. The van der Waals surface area contributed by atoms with E-state index in [1.807, 2.05) is 0 Å². The lowest BCUT2D eigenvalue weighted by Crippen LogP contribution is -2.31. The Morgan fingerprint density at radius 3 is 2.55 bits per heavy atom. The van der Waals surface area contributed by atoms with Gasteiger partial charge in [0.15, 0.2) is 12.5 Å². The molecule has 0 aromatic carbocycles. The second-order valence-electron chi connectivity index (χ2n) is 2.40. The molecule has 0 aromatic heterocycles. The van der Waals surface area contributed by atoms with Crippen LogP contribution in [0.5, 0.6) is 0 Å². The van der Waals surface area contributed by atoms with E-state index in [9.17, 15) is 4.39 Å². The zero-order valence-electron chi connectivity index (χ0n) is 6.11. The van der Waals surface area contributed by atoms with Gasteiger partial charge in [0.25, 0.3) is 0 Å². The average Bonchev–Trinajstić information content (AvgIpc) is 2.30. The summed E-state index contributed by atoms with van der Waals surface area (Å²) in [4.78, 5) is 0. The number of aliphatic hydroxyl groups excluding tert-OH is 2. The topological polar surface area (TPSA) is 58.9 Å². The molecule has 0 radical (unpaired) electrons. The third-order valence-corrected chi connectivity index (χ3v) is 1.69. The van der Waals surface area contributed by atoms with Crippen molar-refractivity contribution in [2.75, 3.05) is 13.7 Å². The predicted octanol–water partition coefficient (Wildman–Crippen LogP) is -0.951. The molecule has 2 unspecified atom stereocenters. The van der Waals surface area contributed by atoms with Gasteiger partial charge < -0.3 is 19.7 Å². The Balaban J connectivity index is 2.53. The molecule has 0 aliphatic carbocycles. The van der Waals surface area contributed by atoms with Crippen molar-refractivity contribution in [1.29, 1.82) is 0 Å². The van der Waals surface area contributed by atoms with Crippen LogP contribution in [0.1, 0.15) is 0 Å². The monoisotopic (exact) mass is 166 g/mol. The van der Waals surface area contributed by atoms with E-state index in [1.165, 1.54) is 7.11 Å². The highest BCUT2D eigenvalue weighted by molar-refractivity contribution is 4.86. The third-order valence-electron chi connectivity index (χ3n) is 1.69. The van der Waals surface area contributed by atoms with Crippen molar-refractivity contribution in [1.82, 2.24) is 0 Å². The molecule has 1 fully saturated rings. The van der Waals surface area contributed by atoms with E-state index in [0.717, 1.165) is 0 Å². The van der Waals surface area contributed by atoms with Crippen LogP contribution >= 0.6 is 0 Å². The number of rotatable bonds is 2. The number of hydrogen-bond donors (Lipinski definition) is 2. The minimum atomic E-state index is -1.57. The zero-order valence-corrected chi connectivity index (χ0v) is 6.11. The Morgan fingerprint density at radius 2 is 2.27 bits per heavy atom. The lowest BCUT2D eigenvalue weighted by atomic mass is 10.2. The van der Waals surface area contributed by atoms with Crippen LogP contribution in [0.4, 0.5) is 4.39 Å². The average molecular weight is 166 g/mol. The van der Waals surface area contributed by atoms with Gasteiger partial charge in [-0.15, -0.1) is 0 Å². The Kier molecular flexibility index (Phi) is 2.78. The van der Waals surface area contributed by atoms with Gasteiger partial charge >= 0.3 is 0 Å². The maximum Gasteiger partial charge on any atom is 0.191 e. The van der Waals surface area contributed by atoms with Gasteiger partial charge in [-0.3, -0.25) is 0 Å². The van der Waals surface area contributed by atoms with Crippen molar-refractivity contribution in [2.24, 2.45) is 0 Å². The highest BCUT2D eigenvalue weighted by Crippen LogP contribution is 2.23. The molecule has 4 atom stereocenters. The van der Waals surface area contributed by atoms with E-state index in [-0.39, 0.29) is 0 Å². The second kappa shape index (κ2) is 3.44. The van der Waals surface area contributed by atoms with Crippen LogP contribution in [0.15, 0.2) is 0 Å². The first-order valence-electron chi connectivity index (χ1n) is 3.32. The summed E-state index contributed by atoms with van der Waals surface area (Å²) in [5.74, 6) is 0. The molecule has 1 aliphatic heterocycles. The Hall–Kier alpha value is -0.230. The zero-order chi connectivity index (χ0) is 8.43. The third kappa shape index (κ3) is 1.51. The minimum Gasteiger partial charge on any atom is -0.394 e. The van der Waals surface area contributed by atoms with Crippen molar-refractivity contribution in [3.05, 3.63) is 0 Å². The fraction of sp³-hybridized carbons (Fsp3) is 1.00. The van der Waals surface area contributed by atoms with Crippen molar-refractivity contribution in [3.8, 4) is 0 Å². The molecule has 2 N–H and O–H groups in total. The van der Waals surface area contributed by atoms with Crippen molar-refractivity contribution in [3.63, 3.8) is 0 Å². The van der Waals surface area contributed by atoms with Crippen LogP contribution in [-0.2, 0) is 9.47 Å². The van der Waals surface area contributed by atoms with E-state index >= 15 is 0 Å². The first-order chi connectivity index (χ1) is 5.20. The fourth-order valence-electron chi connectivity index (χ4n) is 1.03. The van der Waals surface area contributed by atoms with Gasteiger partial charge in [0.2, 0.25) is 0 Å². The van der Waals surface area contributed by atoms with Gasteiger partial charge in [-0.2, -0.15) is 0 Å². The van der Waals surface area contributed by atoms with E-state index < -0.39 is 31.3 Å². The summed E-state index contributed by atoms with van der Waals surface area (Å²) in [7, 11) is 1.28. The molecule has 66 valence electrons. The quantitative estimate of drug-likeness (QED) is 0.555.